The van der Waals surface area contributed by atoms with Crippen LogP contribution in [-0.2, 0) is 4.74 Å². The first-order valence-corrected chi connectivity index (χ1v) is 6.82. The van der Waals surface area contributed by atoms with Crippen molar-refractivity contribution in [2.45, 2.75) is 48.6 Å². The molecule has 5 nitrogen and oxygen atoms in total. The van der Waals surface area contributed by atoms with E-state index in [4.69, 9.17) is 4.74 Å². The second-order valence-electron chi connectivity index (χ2n) is 4.49. The summed E-state index contributed by atoms with van der Waals surface area (Å²) in [4.78, 5) is 1.81. The Morgan fingerprint density at radius 2 is 2.06 bits per heavy atom. The summed E-state index contributed by atoms with van der Waals surface area (Å²) in [5.74, 6) is 0. The molecule has 3 N–H and O–H groups in total. The molecule has 2 aliphatic rings. The second kappa shape index (κ2) is 5.56. The van der Waals surface area contributed by atoms with Gasteiger partial charge in [0.1, 0.15) is 29.2 Å². The maximum Gasteiger partial charge on any atom is 0.267 e. The average molecular weight is 284 g/mol. The Morgan fingerprint density at radius 3 is 2.61 bits per heavy atom. The summed E-state index contributed by atoms with van der Waals surface area (Å²) in [6.07, 6.45) is -7.22. The van der Waals surface area contributed by atoms with E-state index in [2.05, 4.69) is 5.32 Å². The number of alkyl halides is 2. The number of hydrogen-bond donors (Lipinski definition) is 3. The number of hydrogen-bond acceptors (Lipinski definition) is 6. The highest BCUT2D eigenvalue weighted by molar-refractivity contribution is 8.00. The minimum atomic E-state index is -2.81. The molecule has 0 aromatic heterocycles. The van der Waals surface area contributed by atoms with Crippen LogP contribution in [0, 0.1) is 0 Å². The number of nitrogens with one attached hydrogen (secondary N) is 1. The monoisotopic (exact) mass is 284 g/mol. The van der Waals surface area contributed by atoms with E-state index in [0.29, 0.717) is 0 Å². The van der Waals surface area contributed by atoms with Crippen LogP contribution >= 0.6 is 11.8 Å². The van der Waals surface area contributed by atoms with E-state index in [1.54, 1.807) is 7.05 Å². The first-order valence-electron chi connectivity index (χ1n) is 5.88. The number of aliphatic hydroxyl groups excluding tert-OH is 2. The van der Waals surface area contributed by atoms with E-state index >= 15 is 0 Å². The molecule has 2 fully saturated rings. The third kappa shape index (κ3) is 2.37. The number of rotatable bonds is 3. The van der Waals surface area contributed by atoms with E-state index in [9.17, 15) is 19.0 Å². The average Bonchev–Trinajstić information content (AvgIpc) is 2.61. The van der Waals surface area contributed by atoms with Gasteiger partial charge in [-0.25, -0.2) is 8.78 Å². The van der Waals surface area contributed by atoms with Gasteiger partial charge in [-0.05, 0) is 13.6 Å². The van der Waals surface area contributed by atoms with Gasteiger partial charge in [0.25, 0.3) is 6.43 Å². The van der Waals surface area contributed by atoms with Crippen molar-refractivity contribution in [1.82, 2.24) is 10.2 Å². The summed E-state index contributed by atoms with van der Waals surface area (Å²) in [6.45, 7) is 2.66. The Bertz CT molecular complexity index is 300. The summed E-state index contributed by atoms with van der Waals surface area (Å²) >= 11 is 1.34. The largest absolute Gasteiger partial charge is 0.389 e. The van der Waals surface area contributed by atoms with Crippen LogP contribution < -0.4 is 5.32 Å². The molecule has 8 heteroatoms. The predicted octanol–water partition coefficient (Wildman–Crippen LogP) is -0.362. The maximum atomic E-state index is 12.7. The van der Waals surface area contributed by atoms with Crippen molar-refractivity contribution in [1.29, 1.82) is 0 Å². The standard InChI is InChI=1S/C10H18F2N2O3S/c1-3-13-10-14(2)4-5(15)6(16)7(8(11)12)17-9(4)18-10/h4-10,13,15-16H,3H2,1-2H3/t4-,5-,6+,7+,9-,10?/m1/s1. The zero-order valence-corrected chi connectivity index (χ0v) is 11.0. The van der Waals surface area contributed by atoms with E-state index < -0.39 is 36.2 Å². The van der Waals surface area contributed by atoms with Gasteiger partial charge in [-0.2, -0.15) is 0 Å². The topological polar surface area (TPSA) is 65.0 Å². The lowest BCUT2D eigenvalue weighted by Gasteiger charge is -2.40. The number of ether oxygens (including phenoxy) is 1. The van der Waals surface area contributed by atoms with Gasteiger partial charge < -0.3 is 14.9 Å². The molecule has 18 heavy (non-hydrogen) atoms. The molecule has 0 spiro atoms. The lowest BCUT2D eigenvalue weighted by molar-refractivity contribution is -0.209. The van der Waals surface area contributed by atoms with Crippen molar-refractivity contribution < 1.29 is 23.7 Å². The number of aliphatic hydroxyl groups is 2. The zero-order chi connectivity index (χ0) is 13.4. The molecule has 0 saturated carbocycles. The molecule has 0 radical (unpaired) electrons. The molecule has 2 heterocycles. The Hall–Kier alpha value is 0.0100. The van der Waals surface area contributed by atoms with Gasteiger partial charge >= 0.3 is 0 Å². The quantitative estimate of drug-likeness (QED) is 0.658. The summed E-state index contributed by atoms with van der Waals surface area (Å²) in [7, 11) is 1.77. The van der Waals surface area contributed by atoms with Gasteiger partial charge in [0.05, 0.1) is 6.04 Å². The highest BCUT2D eigenvalue weighted by Crippen LogP contribution is 2.41. The molecule has 0 amide bonds. The minimum Gasteiger partial charge on any atom is -0.389 e. The van der Waals surface area contributed by atoms with E-state index in [0.717, 1.165) is 6.54 Å². The lowest BCUT2D eigenvalue weighted by atomic mass is 9.97. The van der Waals surface area contributed by atoms with Crippen LogP contribution in [0.1, 0.15) is 6.92 Å². The highest BCUT2D eigenvalue weighted by Gasteiger charge is 2.54. The fourth-order valence-electron chi connectivity index (χ4n) is 2.37. The maximum absolute atomic E-state index is 12.7. The van der Waals surface area contributed by atoms with Crippen LogP contribution in [0.4, 0.5) is 8.78 Å². The zero-order valence-electron chi connectivity index (χ0n) is 10.2. The van der Waals surface area contributed by atoms with Crippen molar-refractivity contribution in [3.8, 4) is 0 Å². The smallest absolute Gasteiger partial charge is 0.267 e. The van der Waals surface area contributed by atoms with Crippen LogP contribution in [0.25, 0.3) is 0 Å². The second-order valence-corrected chi connectivity index (χ2v) is 5.67. The Morgan fingerprint density at radius 1 is 1.39 bits per heavy atom. The van der Waals surface area contributed by atoms with Gasteiger partial charge in [0.15, 0.2) is 0 Å². The Balaban J connectivity index is 2.13. The SMILES string of the molecule is CCNC1S[C@H]2O[C@H](C(F)F)[C@@H](O)[C@H](O)[C@H]2N1C. The van der Waals surface area contributed by atoms with E-state index in [1.165, 1.54) is 11.8 Å². The summed E-state index contributed by atoms with van der Waals surface area (Å²) in [5.41, 5.74) is -0.667. The Labute approximate surface area is 108 Å². The first kappa shape index (κ1) is 14.4. The van der Waals surface area contributed by atoms with Gasteiger partial charge in [-0.15, -0.1) is 0 Å². The molecule has 2 aliphatic heterocycles. The summed E-state index contributed by atoms with van der Waals surface area (Å²) in [5, 5.41) is 22.8. The first-order chi connectivity index (χ1) is 8.47. The number of fused-ring (bicyclic) bond motifs is 1. The highest BCUT2D eigenvalue weighted by atomic mass is 32.2. The lowest BCUT2D eigenvalue weighted by Crippen LogP contribution is -2.61. The molecule has 0 aliphatic carbocycles. The van der Waals surface area contributed by atoms with Crippen molar-refractivity contribution in [3.63, 3.8) is 0 Å². The van der Waals surface area contributed by atoms with Gasteiger partial charge in [0, 0.05) is 0 Å². The number of likely N-dealkylation sites (N-methyl/N-ethyl adjacent to an activating group) is 1. The normalized spacial score (nSPS) is 45.5. The molecular formula is C10H18F2N2O3S. The predicted molar refractivity (Wildman–Crippen MR) is 63.3 cm³/mol. The van der Waals surface area contributed by atoms with E-state index in [-0.39, 0.29) is 5.50 Å². The third-order valence-electron chi connectivity index (χ3n) is 3.34. The van der Waals surface area contributed by atoms with Crippen molar-refractivity contribution >= 4 is 11.8 Å². The molecule has 1 unspecified atom stereocenters. The van der Waals surface area contributed by atoms with Gasteiger partial charge in [-0.1, -0.05) is 18.7 Å². The Kier molecular flexibility index (Phi) is 4.45. The van der Waals surface area contributed by atoms with E-state index in [1.807, 2.05) is 11.8 Å². The van der Waals surface area contributed by atoms with Crippen LogP contribution in [0.15, 0.2) is 0 Å². The van der Waals surface area contributed by atoms with Crippen molar-refractivity contribution in [2.75, 3.05) is 13.6 Å². The number of nitrogens with zero attached hydrogens (tertiary/aromatic N) is 1. The fraction of sp³-hybridized carbons (Fsp3) is 1.00. The minimum absolute atomic E-state index is 0.108. The van der Waals surface area contributed by atoms with Crippen molar-refractivity contribution in [2.24, 2.45) is 0 Å². The van der Waals surface area contributed by atoms with Crippen LogP contribution in [0.3, 0.4) is 0 Å². The summed E-state index contributed by atoms with van der Waals surface area (Å²) < 4.78 is 30.6. The molecule has 106 valence electrons. The fourth-order valence-corrected chi connectivity index (χ4v) is 3.93. The molecule has 0 aromatic rings. The molecule has 0 bridgehead atoms. The molecule has 2 rings (SSSR count). The molecule has 0 aromatic carbocycles. The number of thioether (sulfide) groups is 1. The van der Waals surface area contributed by atoms with Gasteiger partial charge in [0.2, 0.25) is 0 Å². The third-order valence-corrected chi connectivity index (χ3v) is 4.75. The molecule has 6 atom stereocenters. The summed E-state index contributed by atoms with van der Waals surface area (Å²) in [6, 6.07) is -0.482. The van der Waals surface area contributed by atoms with Crippen LogP contribution in [0.2, 0.25) is 0 Å². The van der Waals surface area contributed by atoms with Crippen LogP contribution in [-0.4, -0.2) is 70.4 Å². The van der Waals surface area contributed by atoms with Crippen LogP contribution in [0.5, 0.6) is 0 Å². The number of halogens is 2. The van der Waals surface area contributed by atoms with Crippen molar-refractivity contribution in [3.05, 3.63) is 0 Å². The van der Waals surface area contributed by atoms with Gasteiger partial charge in [-0.3, -0.25) is 10.2 Å². The molecular weight excluding hydrogens is 266 g/mol. The molecule has 2 saturated heterocycles.